The first-order valence-electron chi connectivity index (χ1n) is 8.32. The molecule has 0 aliphatic heterocycles. The van der Waals surface area contributed by atoms with Crippen LogP contribution in [0.1, 0.15) is 6.42 Å². The Hall–Kier alpha value is -3.59. The zero-order valence-corrected chi connectivity index (χ0v) is 14.4. The lowest BCUT2D eigenvalue weighted by Gasteiger charge is -2.11. The highest BCUT2D eigenvalue weighted by Gasteiger charge is 2.09. The van der Waals surface area contributed by atoms with Gasteiger partial charge in [0.2, 0.25) is 5.95 Å². The van der Waals surface area contributed by atoms with Crippen molar-refractivity contribution >= 4 is 23.1 Å². The molecule has 138 valence electrons. The van der Waals surface area contributed by atoms with Crippen LogP contribution in [-0.4, -0.2) is 38.1 Å². The molecule has 9 nitrogen and oxygen atoms in total. The molecule has 0 unspecified atom stereocenters. The summed E-state index contributed by atoms with van der Waals surface area (Å²) in [5.41, 5.74) is 2.00. The summed E-state index contributed by atoms with van der Waals surface area (Å²) in [7, 11) is 0. The van der Waals surface area contributed by atoms with Crippen LogP contribution in [0.3, 0.4) is 0 Å². The normalized spacial score (nSPS) is 10.4. The van der Waals surface area contributed by atoms with E-state index in [1.165, 1.54) is 12.1 Å². The second kappa shape index (κ2) is 8.68. The predicted molar refractivity (Wildman–Crippen MR) is 102 cm³/mol. The van der Waals surface area contributed by atoms with Crippen LogP contribution in [0.25, 0.3) is 11.4 Å². The van der Waals surface area contributed by atoms with Crippen molar-refractivity contribution in [3.05, 3.63) is 64.8 Å². The summed E-state index contributed by atoms with van der Waals surface area (Å²) in [5, 5.41) is 25.9. The minimum atomic E-state index is -0.448. The standard InChI is InChI=1S/C18H18N6O3/c25-11-3-10-20-18-22-16(15-4-1-2-9-19-15)12-17(23-18)21-13-5-7-14(8-6-13)24(26)27/h1-2,4-9,12,25H,3,10-11H2,(H2,20,21,22,23). The van der Waals surface area contributed by atoms with Gasteiger partial charge in [0.25, 0.3) is 5.69 Å². The number of nitrogens with one attached hydrogen (secondary N) is 2. The molecule has 3 rings (SSSR count). The van der Waals surface area contributed by atoms with E-state index in [1.807, 2.05) is 18.2 Å². The zero-order valence-electron chi connectivity index (χ0n) is 14.4. The first-order valence-corrected chi connectivity index (χ1v) is 8.32. The van der Waals surface area contributed by atoms with E-state index in [4.69, 9.17) is 5.11 Å². The fraction of sp³-hybridized carbons (Fsp3) is 0.167. The number of rotatable bonds is 8. The summed E-state index contributed by atoms with van der Waals surface area (Å²) in [6, 6.07) is 13.3. The smallest absolute Gasteiger partial charge is 0.269 e. The van der Waals surface area contributed by atoms with E-state index in [1.54, 1.807) is 24.4 Å². The quantitative estimate of drug-likeness (QED) is 0.315. The van der Waals surface area contributed by atoms with Gasteiger partial charge in [0.1, 0.15) is 5.82 Å². The fourth-order valence-electron chi connectivity index (χ4n) is 2.33. The number of aromatic nitrogens is 3. The highest BCUT2D eigenvalue weighted by Crippen LogP contribution is 2.23. The molecular weight excluding hydrogens is 348 g/mol. The van der Waals surface area contributed by atoms with Gasteiger partial charge in [-0.3, -0.25) is 15.1 Å². The van der Waals surface area contributed by atoms with E-state index in [-0.39, 0.29) is 12.3 Å². The van der Waals surface area contributed by atoms with E-state index >= 15 is 0 Å². The molecular formula is C18H18N6O3. The number of non-ortho nitro benzene ring substituents is 1. The summed E-state index contributed by atoms with van der Waals surface area (Å²) >= 11 is 0. The number of benzene rings is 1. The summed E-state index contributed by atoms with van der Waals surface area (Å²) < 4.78 is 0. The number of pyridine rings is 1. The molecule has 0 atom stereocenters. The largest absolute Gasteiger partial charge is 0.396 e. The third-order valence-corrected chi connectivity index (χ3v) is 3.62. The van der Waals surface area contributed by atoms with Gasteiger partial charge in [-0.1, -0.05) is 6.07 Å². The van der Waals surface area contributed by atoms with Crippen molar-refractivity contribution in [3.63, 3.8) is 0 Å². The minimum absolute atomic E-state index is 0.0174. The summed E-state index contributed by atoms with van der Waals surface area (Å²) in [5.74, 6) is 0.919. The van der Waals surface area contributed by atoms with Gasteiger partial charge in [-0.2, -0.15) is 4.98 Å². The maximum absolute atomic E-state index is 10.8. The average molecular weight is 366 g/mol. The molecule has 0 bridgehead atoms. The van der Waals surface area contributed by atoms with Gasteiger partial charge < -0.3 is 15.7 Å². The topological polar surface area (TPSA) is 126 Å². The molecule has 2 aromatic heterocycles. The molecule has 1 aromatic carbocycles. The van der Waals surface area contributed by atoms with Crippen molar-refractivity contribution in [1.29, 1.82) is 0 Å². The molecule has 27 heavy (non-hydrogen) atoms. The minimum Gasteiger partial charge on any atom is -0.396 e. The molecule has 0 spiro atoms. The molecule has 3 N–H and O–H groups in total. The number of nitrogens with zero attached hydrogens (tertiary/aromatic N) is 4. The fourth-order valence-corrected chi connectivity index (χ4v) is 2.33. The van der Waals surface area contributed by atoms with Crippen molar-refractivity contribution in [2.45, 2.75) is 6.42 Å². The number of aliphatic hydroxyl groups excluding tert-OH is 1. The third-order valence-electron chi connectivity index (χ3n) is 3.62. The van der Waals surface area contributed by atoms with Gasteiger partial charge in [-0.25, -0.2) is 4.98 Å². The van der Waals surface area contributed by atoms with Gasteiger partial charge in [0.15, 0.2) is 0 Å². The van der Waals surface area contributed by atoms with Gasteiger partial charge >= 0.3 is 0 Å². The van der Waals surface area contributed by atoms with Gasteiger partial charge in [-0.15, -0.1) is 0 Å². The Labute approximate surface area is 155 Å². The summed E-state index contributed by atoms with van der Waals surface area (Å²) in [6.07, 6.45) is 2.25. The molecule has 0 saturated heterocycles. The molecule has 0 amide bonds. The Morgan fingerprint density at radius 3 is 2.56 bits per heavy atom. The number of hydrogen-bond donors (Lipinski definition) is 3. The monoisotopic (exact) mass is 366 g/mol. The van der Waals surface area contributed by atoms with Crippen LogP contribution in [0.15, 0.2) is 54.7 Å². The Morgan fingerprint density at radius 2 is 1.89 bits per heavy atom. The Kier molecular flexibility index (Phi) is 5.85. The predicted octanol–water partition coefficient (Wildman–Crippen LogP) is 2.98. The van der Waals surface area contributed by atoms with E-state index in [9.17, 15) is 10.1 Å². The third kappa shape index (κ3) is 4.95. The second-order valence-electron chi connectivity index (χ2n) is 5.61. The Morgan fingerprint density at radius 1 is 1.07 bits per heavy atom. The Balaban J connectivity index is 1.88. The second-order valence-corrected chi connectivity index (χ2v) is 5.61. The van der Waals surface area contributed by atoms with Crippen LogP contribution in [0, 0.1) is 10.1 Å². The lowest BCUT2D eigenvalue weighted by molar-refractivity contribution is -0.384. The zero-order chi connectivity index (χ0) is 19.1. The maximum Gasteiger partial charge on any atom is 0.269 e. The van der Waals surface area contributed by atoms with Gasteiger partial charge in [0, 0.05) is 43.2 Å². The summed E-state index contributed by atoms with van der Waals surface area (Å²) in [6.45, 7) is 0.597. The molecule has 0 aliphatic carbocycles. The van der Waals surface area contributed by atoms with E-state index in [0.717, 1.165) is 0 Å². The molecule has 0 saturated carbocycles. The number of nitro groups is 1. The van der Waals surface area contributed by atoms with Crippen molar-refractivity contribution in [3.8, 4) is 11.4 Å². The van der Waals surface area contributed by atoms with Gasteiger partial charge in [0.05, 0.1) is 16.3 Å². The van der Waals surface area contributed by atoms with E-state index < -0.39 is 4.92 Å². The lowest BCUT2D eigenvalue weighted by atomic mass is 10.2. The molecule has 0 fully saturated rings. The van der Waals surface area contributed by atoms with E-state index in [0.29, 0.717) is 41.8 Å². The van der Waals surface area contributed by atoms with Crippen molar-refractivity contribution in [2.24, 2.45) is 0 Å². The van der Waals surface area contributed by atoms with Crippen LogP contribution in [0.4, 0.5) is 23.1 Å². The first kappa shape index (κ1) is 18.2. The highest BCUT2D eigenvalue weighted by atomic mass is 16.6. The van der Waals surface area contributed by atoms with Gasteiger partial charge in [-0.05, 0) is 30.7 Å². The average Bonchev–Trinajstić information content (AvgIpc) is 2.69. The maximum atomic E-state index is 10.8. The van der Waals surface area contributed by atoms with Crippen LogP contribution in [0.5, 0.6) is 0 Å². The number of aliphatic hydroxyl groups is 1. The van der Waals surface area contributed by atoms with Crippen molar-refractivity contribution in [1.82, 2.24) is 15.0 Å². The van der Waals surface area contributed by atoms with E-state index in [2.05, 4.69) is 25.6 Å². The van der Waals surface area contributed by atoms with Crippen LogP contribution in [0.2, 0.25) is 0 Å². The first-order chi connectivity index (χ1) is 13.2. The molecule has 9 heteroatoms. The number of nitro benzene ring substituents is 1. The lowest BCUT2D eigenvalue weighted by Crippen LogP contribution is -2.09. The molecule has 3 aromatic rings. The summed E-state index contributed by atoms with van der Waals surface area (Å²) in [4.78, 5) is 23.5. The molecule has 2 heterocycles. The van der Waals surface area contributed by atoms with Crippen molar-refractivity contribution < 1.29 is 10.0 Å². The molecule has 0 aliphatic rings. The number of hydrogen-bond acceptors (Lipinski definition) is 8. The highest BCUT2D eigenvalue weighted by molar-refractivity contribution is 5.65. The SMILES string of the molecule is O=[N+]([O-])c1ccc(Nc2cc(-c3ccccn3)nc(NCCCO)n2)cc1. The number of anilines is 3. The molecule has 0 radical (unpaired) electrons. The van der Waals surface area contributed by atoms with Crippen molar-refractivity contribution in [2.75, 3.05) is 23.8 Å². The van der Waals surface area contributed by atoms with Crippen LogP contribution in [-0.2, 0) is 0 Å². The van der Waals surface area contributed by atoms with Crippen LogP contribution >= 0.6 is 0 Å². The Bertz CT molecular complexity index is 903. The van der Waals surface area contributed by atoms with Crippen LogP contribution < -0.4 is 10.6 Å².